The number of nitrogens with two attached hydrogens (primary N) is 1. The Morgan fingerprint density at radius 2 is 1.91 bits per heavy atom. The lowest BCUT2D eigenvalue weighted by Crippen LogP contribution is -2.41. The Kier molecular flexibility index (Phi) is 6.61. The highest BCUT2D eigenvalue weighted by Crippen LogP contribution is 2.22. The predicted molar refractivity (Wildman–Crippen MR) is 84.1 cm³/mol. The van der Waals surface area contributed by atoms with Gasteiger partial charge in [-0.2, -0.15) is 0 Å². The molecule has 0 aliphatic heterocycles. The molecule has 0 spiro atoms. The van der Waals surface area contributed by atoms with Crippen molar-refractivity contribution < 1.29 is 18.1 Å². The third-order valence-electron chi connectivity index (χ3n) is 3.27. The maximum Gasteiger partial charge on any atom is 0.289 e. The molecule has 23 heavy (non-hydrogen) atoms. The molecule has 0 radical (unpaired) electrons. The first kappa shape index (κ1) is 19.0. The standard InChI is InChI=1S/C13H20N4O5S/c1-9(10(2)14)13(18)15-7-8-16-23(21,22)12-6-4-3-5-11(12)17(19)20/h3-6,9-10,16H,7-8,14H2,1-2H3,(H,15,18). The highest BCUT2D eigenvalue weighted by Gasteiger charge is 2.24. The van der Waals surface area contributed by atoms with E-state index in [9.17, 15) is 23.3 Å². The van der Waals surface area contributed by atoms with Crippen LogP contribution in [-0.2, 0) is 14.8 Å². The van der Waals surface area contributed by atoms with Crippen LogP contribution in [0.15, 0.2) is 29.2 Å². The summed E-state index contributed by atoms with van der Waals surface area (Å²) in [7, 11) is -4.04. The molecule has 128 valence electrons. The summed E-state index contributed by atoms with van der Waals surface area (Å²) < 4.78 is 26.4. The van der Waals surface area contributed by atoms with Crippen molar-refractivity contribution in [3.63, 3.8) is 0 Å². The molecule has 0 saturated carbocycles. The Labute approximate surface area is 134 Å². The first-order valence-electron chi connectivity index (χ1n) is 6.93. The molecule has 2 unspecified atom stereocenters. The fraction of sp³-hybridized carbons (Fsp3) is 0.462. The first-order chi connectivity index (χ1) is 10.7. The van der Waals surface area contributed by atoms with Crippen molar-refractivity contribution in [3.05, 3.63) is 34.4 Å². The minimum atomic E-state index is -4.04. The van der Waals surface area contributed by atoms with E-state index in [1.807, 2.05) is 0 Å². The second-order valence-corrected chi connectivity index (χ2v) is 6.80. The minimum Gasteiger partial charge on any atom is -0.355 e. The van der Waals surface area contributed by atoms with Crippen molar-refractivity contribution in [2.75, 3.05) is 13.1 Å². The van der Waals surface area contributed by atoms with Gasteiger partial charge in [0.2, 0.25) is 15.9 Å². The Morgan fingerprint density at radius 3 is 2.48 bits per heavy atom. The van der Waals surface area contributed by atoms with Crippen LogP contribution in [0.2, 0.25) is 0 Å². The van der Waals surface area contributed by atoms with E-state index in [0.717, 1.165) is 12.1 Å². The zero-order valence-corrected chi connectivity index (χ0v) is 13.7. The number of benzene rings is 1. The van der Waals surface area contributed by atoms with E-state index >= 15 is 0 Å². The predicted octanol–water partition coefficient (Wildman–Crippen LogP) is -0.0274. The number of nitro groups is 1. The highest BCUT2D eigenvalue weighted by molar-refractivity contribution is 7.89. The van der Waals surface area contributed by atoms with Gasteiger partial charge in [-0.1, -0.05) is 19.1 Å². The molecule has 0 fully saturated rings. The van der Waals surface area contributed by atoms with Gasteiger partial charge in [0, 0.05) is 31.1 Å². The summed E-state index contributed by atoms with van der Waals surface area (Å²) >= 11 is 0. The van der Waals surface area contributed by atoms with E-state index in [4.69, 9.17) is 5.73 Å². The van der Waals surface area contributed by atoms with Crippen LogP contribution >= 0.6 is 0 Å². The largest absolute Gasteiger partial charge is 0.355 e. The van der Waals surface area contributed by atoms with Crippen molar-refractivity contribution in [2.24, 2.45) is 11.7 Å². The van der Waals surface area contributed by atoms with Crippen LogP contribution < -0.4 is 15.8 Å². The third kappa shape index (κ3) is 5.27. The maximum atomic E-state index is 12.1. The SMILES string of the molecule is CC(N)C(C)C(=O)NCCNS(=O)(=O)c1ccccc1[N+](=O)[O-]. The van der Waals surface area contributed by atoms with Gasteiger partial charge in [0.15, 0.2) is 4.90 Å². The van der Waals surface area contributed by atoms with E-state index in [2.05, 4.69) is 10.0 Å². The van der Waals surface area contributed by atoms with Crippen LogP contribution in [0.25, 0.3) is 0 Å². The lowest BCUT2D eigenvalue weighted by Gasteiger charge is -2.15. The summed E-state index contributed by atoms with van der Waals surface area (Å²) in [4.78, 5) is 21.4. The molecule has 4 N–H and O–H groups in total. The van der Waals surface area contributed by atoms with Crippen molar-refractivity contribution >= 4 is 21.6 Å². The number of hydrogen-bond donors (Lipinski definition) is 3. The van der Waals surface area contributed by atoms with Crippen LogP contribution in [0, 0.1) is 16.0 Å². The van der Waals surface area contributed by atoms with Gasteiger partial charge in [-0.3, -0.25) is 14.9 Å². The van der Waals surface area contributed by atoms with Gasteiger partial charge in [-0.15, -0.1) is 0 Å². The Bertz CT molecular complexity index is 675. The lowest BCUT2D eigenvalue weighted by atomic mass is 10.0. The average Bonchev–Trinajstić information content (AvgIpc) is 2.50. The molecule has 0 bridgehead atoms. The number of nitrogens with zero attached hydrogens (tertiary/aromatic N) is 1. The molecule has 1 aromatic rings. The zero-order chi connectivity index (χ0) is 17.6. The Balaban J connectivity index is 2.65. The second-order valence-electron chi connectivity index (χ2n) is 5.06. The second kappa shape index (κ2) is 7.99. The maximum absolute atomic E-state index is 12.1. The van der Waals surface area contributed by atoms with E-state index in [1.54, 1.807) is 13.8 Å². The number of carbonyl (C=O) groups excluding carboxylic acids is 1. The fourth-order valence-corrected chi connectivity index (χ4v) is 2.89. The summed E-state index contributed by atoms with van der Waals surface area (Å²) in [6.07, 6.45) is 0. The normalized spacial score (nSPS) is 14.0. The van der Waals surface area contributed by atoms with E-state index in [1.165, 1.54) is 12.1 Å². The number of nitro benzene ring substituents is 1. The molecule has 0 heterocycles. The van der Waals surface area contributed by atoms with Gasteiger partial charge in [0.25, 0.3) is 5.69 Å². The molecule has 2 atom stereocenters. The molecule has 9 nitrogen and oxygen atoms in total. The quantitative estimate of drug-likeness (QED) is 0.343. The fourth-order valence-electron chi connectivity index (χ4n) is 1.68. The molecule has 0 saturated heterocycles. The van der Waals surface area contributed by atoms with Crippen LogP contribution in [0.5, 0.6) is 0 Å². The zero-order valence-electron chi connectivity index (χ0n) is 12.9. The van der Waals surface area contributed by atoms with E-state index < -0.39 is 31.4 Å². The topological polar surface area (TPSA) is 144 Å². The van der Waals surface area contributed by atoms with Crippen LogP contribution in [0.4, 0.5) is 5.69 Å². The van der Waals surface area contributed by atoms with Crippen molar-refractivity contribution in [3.8, 4) is 0 Å². The van der Waals surface area contributed by atoms with Crippen LogP contribution in [-0.4, -0.2) is 38.4 Å². The van der Waals surface area contributed by atoms with E-state index in [0.29, 0.717) is 0 Å². The lowest BCUT2D eigenvalue weighted by molar-refractivity contribution is -0.387. The third-order valence-corrected chi connectivity index (χ3v) is 4.78. The number of rotatable bonds is 8. The molecule has 10 heteroatoms. The van der Waals surface area contributed by atoms with Crippen LogP contribution in [0.3, 0.4) is 0 Å². The van der Waals surface area contributed by atoms with Crippen molar-refractivity contribution in [1.29, 1.82) is 0 Å². The molecular formula is C13H20N4O5S. The number of sulfonamides is 1. The monoisotopic (exact) mass is 344 g/mol. The summed E-state index contributed by atoms with van der Waals surface area (Å²) in [6, 6.07) is 4.72. The van der Waals surface area contributed by atoms with Crippen LogP contribution in [0.1, 0.15) is 13.8 Å². The van der Waals surface area contributed by atoms with Gasteiger partial charge in [-0.05, 0) is 13.0 Å². The molecule has 1 amide bonds. The van der Waals surface area contributed by atoms with Gasteiger partial charge in [-0.25, -0.2) is 13.1 Å². The molecule has 0 aliphatic rings. The highest BCUT2D eigenvalue weighted by atomic mass is 32.2. The number of carbonyl (C=O) groups is 1. The molecule has 1 aromatic carbocycles. The summed E-state index contributed by atoms with van der Waals surface area (Å²) in [6.45, 7) is 3.32. The summed E-state index contributed by atoms with van der Waals surface area (Å²) in [5.74, 6) is -0.688. The molecule has 0 aromatic heterocycles. The summed E-state index contributed by atoms with van der Waals surface area (Å²) in [5.41, 5.74) is 5.09. The summed E-state index contributed by atoms with van der Waals surface area (Å²) in [5, 5.41) is 13.4. The number of para-hydroxylation sites is 1. The molecular weight excluding hydrogens is 324 g/mol. The smallest absolute Gasteiger partial charge is 0.289 e. The van der Waals surface area contributed by atoms with Gasteiger partial charge in [0.05, 0.1) is 4.92 Å². The van der Waals surface area contributed by atoms with Crippen molar-refractivity contribution in [2.45, 2.75) is 24.8 Å². The number of hydrogen-bond acceptors (Lipinski definition) is 6. The van der Waals surface area contributed by atoms with E-state index in [-0.39, 0.29) is 25.0 Å². The molecule has 1 rings (SSSR count). The minimum absolute atomic E-state index is 0.0513. The number of nitrogens with one attached hydrogen (secondary N) is 2. The first-order valence-corrected chi connectivity index (χ1v) is 8.41. The number of amides is 1. The molecule has 0 aliphatic carbocycles. The van der Waals surface area contributed by atoms with Gasteiger partial charge in [0.1, 0.15) is 0 Å². The van der Waals surface area contributed by atoms with Crippen molar-refractivity contribution in [1.82, 2.24) is 10.0 Å². The Hall–Kier alpha value is -2.04. The average molecular weight is 344 g/mol. The van der Waals surface area contributed by atoms with Gasteiger partial charge >= 0.3 is 0 Å². The Morgan fingerprint density at radius 1 is 1.30 bits per heavy atom. The van der Waals surface area contributed by atoms with Gasteiger partial charge < -0.3 is 11.1 Å².